The maximum absolute atomic E-state index is 12.4. The van der Waals surface area contributed by atoms with E-state index in [0.717, 1.165) is 54.4 Å². The molecule has 0 aromatic heterocycles. The Bertz CT molecular complexity index is 794. The first-order chi connectivity index (χ1) is 14.6. The number of amides is 2. The lowest BCUT2D eigenvalue weighted by Crippen LogP contribution is -2.50. The second-order valence-electron chi connectivity index (χ2n) is 7.36. The highest BCUT2D eigenvalue weighted by atomic mass is 32.2. The van der Waals surface area contributed by atoms with Gasteiger partial charge in [0.25, 0.3) is 0 Å². The Morgan fingerprint density at radius 3 is 1.90 bits per heavy atom. The third-order valence-electron chi connectivity index (χ3n) is 5.25. The van der Waals surface area contributed by atoms with Crippen molar-refractivity contribution in [2.75, 3.05) is 56.2 Å². The Morgan fingerprint density at radius 1 is 0.833 bits per heavy atom. The minimum atomic E-state index is -0.00105. The second kappa shape index (κ2) is 11.2. The number of benzene rings is 2. The van der Waals surface area contributed by atoms with Crippen molar-refractivity contribution in [3.05, 3.63) is 54.1 Å². The van der Waals surface area contributed by atoms with Crippen molar-refractivity contribution >= 4 is 35.0 Å². The van der Waals surface area contributed by atoms with Crippen LogP contribution in [0, 0.1) is 0 Å². The number of nitrogens with zero attached hydrogens (tertiary/aromatic N) is 2. The molecule has 0 aliphatic carbocycles. The van der Waals surface area contributed by atoms with Gasteiger partial charge in [-0.2, -0.15) is 0 Å². The second-order valence-corrected chi connectivity index (χ2v) is 8.21. The van der Waals surface area contributed by atoms with Gasteiger partial charge >= 0.3 is 0 Å². The van der Waals surface area contributed by atoms with E-state index in [2.05, 4.69) is 27.4 Å². The molecule has 30 heavy (non-hydrogen) atoms. The third-order valence-corrected chi connectivity index (χ3v) is 6.05. The zero-order chi connectivity index (χ0) is 21.3. The molecule has 0 atom stereocenters. The lowest BCUT2D eigenvalue weighted by Gasteiger charge is -2.33. The van der Waals surface area contributed by atoms with Crippen molar-refractivity contribution in [1.29, 1.82) is 0 Å². The number of thioether (sulfide) groups is 1. The Morgan fingerprint density at radius 2 is 1.33 bits per heavy atom. The van der Waals surface area contributed by atoms with Crippen LogP contribution >= 0.6 is 11.8 Å². The molecule has 3 rings (SSSR count). The molecule has 1 fully saturated rings. The first kappa shape index (κ1) is 22.3. The van der Waals surface area contributed by atoms with Gasteiger partial charge in [-0.25, -0.2) is 0 Å². The van der Waals surface area contributed by atoms with Gasteiger partial charge in [0.05, 0.1) is 18.8 Å². The number of para-hydroxylation sites is 2. The summed E-state index contributed by atoms with van der Waals surface area (Å²) in [5.41, 5.74) is 2.90. The number of carbonyl (C=O) groups excluding carboxylic acids is 2. The van der Waals surface area contributed by atoms with E-state index in [0.29, 0.717) is 13.1 Å². The number of carbonyl (C=O) groups is 2. The molecule has 6 nitrogen and oxygen atoms in total. The molecule has 2 N–H and O–H groups in total. The summed E-state index contributed by atoms with van der Waals surface area (Å²) >= 11 is 1.62. The molecule has 2 amide bonds. The Kier molecular flexibility index (Phi) is 8.30. The SMILES string of the molecule is CCc1ccccc1NC(=O)CN1CCN(CC(=O)Nc2ccccc2SC)CC1. The Hall–Kier alpha value is -2.35. The van der Waals surface area contributed by atoms with Crippen LogP contribution in [-0.2, 0) is 16.0 Å². The van der Waals surface area contributed by atoms with Crippen molar-refractivity contribution in [3.63, 3.8) is 0 Å². The lowest BCUT2D eigenvalue weighted by molar-refractivity contribution is -0.120. The van der Waals surface area contributed by atoms with E-state index in [9.17, 15) is 9.59 Å². The molecule has 160 valence electrons. The van der Waals surface area contributed by atoms with Crippen LogP contribution in [0.3, 0.4) is 0 Å². The van der Waals surface area contributed by atoms with Gasteiger partial charge in [-0.1, -0.05) is 37.3 Å². The van der Waals surface area contributed by atoms with Crippen LogP contribution < -0.4 is 10.6 Å². The summed E-state index contributed by atoms with van der Waals surface area (Å²) < 4.78 is 0. The van der Waals surface area contributed by atoms with E-state index in [1.807, 2.05) is 54.8 Å². The Labute approximate surface area is 183 Å². The van der Waals surface area contributed by atoms with Crippen LogP contribution in [0.25, 0.3) is 0 Å². The number of rotatable bonds is 8. The van der Waals surface area contributed by atoms with Crippen LogP contribution in [0.2, 0.25) is 0 Å². The largest absolute Gasteiger partial charge is 0.325 e. The first-order valence-corrected chi connectivity index (χ1v) is 11.6. The van der Waals surface area contributed by atoms with Crippen LogP contribution in [-0.4, -0.2) is 67.1 Å². The lowest BCUT2D eigenvalue weighted by atomic mass is 10.1. The molecule has 2 aromatic rings. The van der Waals surface area contributed by atoms with Crippen LogP contribution in [0.1, 0.15) is 12.5 Å². The van der Waals surface area contributed by atoms with Gasteiger partial charge in [0.15, 0.2) is 0 Å². The molecular formula is C23H30N4O2S. The van der Waals surface area contributed by atoms with Crippen molar-refractivity contribution in [2.45, 2.75) is 18.2 Å². The number of nitrogens with one attached hydrogen (secondary N) is 2. The van der Waals surface area contributed by atoms with Gasteiger partial charge in [0.2, 0.25) is 11.8 Å². The highest BCUT2D eigenvalue weighted by Crippen LogP contribution is 2.24. The summed E-state index contributed by atoms with van der Waals surface area (Å²) in [6, 6.07) is 15.7. The van der Waals surface area contributed by atoms with E-state index in [-0.39, 0.29) is 11.8 Å². The van der Waals surface area contributed by atoms with Gasteiger partial charge in [-0.3, -0.25) is 19.4 Å². The molecule has 1 aliphatic heterocycles. The van der Waals surface area contributed by atoms with E-state index >= 15 is 0 Å². The van der Waals surface area contributed by atoms with Crippen molar-refractivity contribution in [3.8, 4) is 0 Å². The maximum Gasteiger partial charge on any atom is 0.238 e. The highest BCUT2D eigenvalue weighted by Gasteiger charge is 2.21. The van der Waals surface area contributed by atoms with E-state index in [1.165, 1.54) is 0 Å². The van der Waals surface area contributed by atoms with E-state index < -0.39 is 0 Å². The smallest absolute Gasteiger partial charge is 0.238 e. The van der Waals surface area contributed by atoms with Gasteiger partial charge in [0, 0.05) is 36.8 Å². The van der Waals surface area contributed by atoms with Crippen LogP contribution in [0.4, 0.5) is 11.4 Å². The summed E-state index contributed by atoms with van der Waals surface area (Å²) in [5.74, 6) is 0.00892. The topological polar surface area (TPSA) is 64.7 Å². The summed E-state index contributed by atoms with van der Waals surface area (Å²) in [4.78, 5) is 30.2. The number of hydrogen-bond donors (Lipinski definition) is 2. The van der Waals surface area contributed by atoms with Crippen LogP contribution in [0.5, 0.6) is 0 Å². The predicted octanol–water partition coefficient (Wildman–Crippen LogP) is 3.17. The van der Waals surface area contributed by atoms with Crippen molar-refractivity contribution < 1.29 is 9.59 Å². The zero-order valence-corrected chi connectivity index (χ0v) is 18.5. The van der Waals surface area contributed by atoms with Crippen LogP contribution in [0.15, 0.2) is 53.4 Å². The molecule has 1 saturated heterocycles. The Balaban J connectivity index is 1.42. The molecule has 1 heterocycles. The zero-order valence-electron chi connectivity index (χ0n) is 17.7. The first-order valence-electron chi connectivity index (χ1n) is 10.3. The average Bonchev–Trinajstić information content (AvgIpc) is 2.76. The van der Waals surface area contributed by atoms with Gasteiger partial charge in [0.1, 0.15) is 0 Å². The molecule has 0 unspecified atom stereocenters. The molecular weight excluding hydrogens is 396 g/mol. The van der Waals surface area contributed by atoms with Gasteiger partial charge in [-0.05, 0) is 36.4 Å². The summed E-state index contributed by atoms with van der Waals surface area (Å²) in [6.07, 6.45) is 2.89. The minimum absolute atomic E-state index is 0.00105. The fourth-order valence-electron chi connectivity index (χ4n) is 3.59. The molecule has 0 radical (unpaired) electrons. The fourth-order valence-corrected chi connectivity index (χ4v) is 4.14. The van der Waals surface area contributed by atoms with E-state index in [4.69, 9.17) is 0 Å². The average molecular weight is 427 g/mol. The quantitative estimate of drug-likeness (QED) is 0.635. The number of anilines is 2. The fraction of sp³-hybridized carbons (Fsp3) is 0.391. The predicted molar refractivity (Wildman–Crippen MR) is 124 cm³/mol. The normalized spacial score (nSPS) is 15.0. The van der Waals surface area contributed by atoms with E-state index in [1.54, 1.807) is 11.8 Å². The molecule has 0 saturated carbocycles. The molecule has 0 spiro atoms. The minimum Gasteiger partial charge on any atom is -0.325 e. The summed E-state index contributed by atoms with van der Waals surface area (Å²) in [7, 11) is 0. The molecule has 0 bridgehead atoms. The van der Waals surface area contributed by atoms with Gasteiger partial charge in [-0.15, -0.1) is 11.8 Å². The standard InChI is InChI=1S/C23H30N4O2S/c1-3-18-8-4-5-9-19(18)24-22(28)16-26-12-14-27(15-13-26)17-23(29)25-20-10-6-7-11-21(20)30-2/h4-11H,3,12-17H2,1-2H3,(H,24,28)(H,25,29). The molecule has 2 aromatic carbocycles. The summed E-state index contributed by atoms with van der Waals surface area (Å²) in [5, 5.41) is 6.04. The summed E-state index contributed by atoms with van der Waals surface area (Å²) in [6.45, 7) is 5.92. The number of hydrogen-bond acceptors (Lipinski definition) is 5. The van der Waals surface area contributed by atoms with Crippen molar-refractivity contribution in [1.82, 2.24) is 9.80 Å². The number of aryl methyl sites for hydroxylation is 1. The molecule has 7 heteroatoms. The monoisotopic (exact) mass is 426 g/mol. The maximum atomic E-state index is 12.4. The van der Waals surface area contributed by atoms with Gasteiger partial charge < -0.3 is 10.6 Å². The highest BCUT2D eigenvalue weighted by molar-refractivity contribution is 7.98. The number of piperazine rings is 1. The third kappa shape index (κ3) is 6.32. The molecule has 1 aliphatic rings. The van der Waals surface area contributed by atoms with Crippen molar-refractivity contribution in [2.24, 2.45) is 0 Å².